The van der Waals surface area contributed by atoms with Gasteiger partial charge in [0, 0.05) is 49.1 Å². The Kier molecular flexibility index (Phi) is 17.7. The summed E-state index contributed by atoms with van der Waals surface area (Å²) in [4.78, 5) is 7.29. The van der Waals surface area contributed by atoms with Crippen molar-refractivity contribution in [1.29, 1.82) is 0 Å². The van der Waals surface area contributed by atoms with Crippen molar-refractivity contribution < 1.29 is 41.8 Å². The standard InChI is InChI=1S/C9H21N3.2C7H8NO2S.H2O.Ru/c1-10-4-6-11(2)8-9-12(3)7-5-10;2*1-6-2-4-7(5-3-6)11(8,9)10;;/h4-9H2,1-3H3;2*2-5H,1H3,(H-,8,9,10);1H2;/q;2*-1;;+2. The molecule has 0 aromatic heterocycles. The molecular weight excluding hydrogens is 591 g/mol. The molecule has 0 bridgehead atoms. The second kappa shape index (κ2) is 17.3. The van der Waals surface area contributed by atoms with Crippen molar-refractivity contribution in [2.24, 2.45) is 0 Å². The molecule has 0 aliphatic carbocycles. The number of aryl methyl sites for hydroxylation is 2. The normalized spacial score (nSPS) is 15.8. The van der Waals surface area contributed by atoms with Gasteiger partial charge in [-0.3, -0.25) is 0 Å². The van der Waals surface area contributed by atoms with Crippen LogP contribution in [0.25, 0.3) is 10.3 Å². The van der Waals surface area contributed by atoms with Crippen LogP contribution in [0.15, 0.2) is 58.3 Å². The van der Waals surface area contributed by atoms with Gasteiger partial charge in [0.25, 0.3) is 0 Å². The van der Waals surface area contributed by atoms with E-state index < -0.39 is 20.0 Å². The molecule has 0 unspecified atom stereocenters. The third-order valence-corrected chi connectivity index (χ3v) is 7.04. The Hall–Kier alpha value is -1.28. The zero-order valence-corrected chi connectivity index (χ0v) is 24.9. The number of nitrogens with one attached hydrogen (secondary N) is 2. The summed E-state index contributed by atoms with van der Waals surface area (Å²) < 4.78 is 42.4. The molecule has 0 radical (unpaired) electrons. The topological polar surface area (TPSA) is 157 Å². The summed E-state index contributed by atoms with van der Waals surface area (Å²) in [5.74, 6) is 0. The quantitative estimate of drug-likeness (QED) is 0.461. The van der Waals surface area contributed by atoms with E-state index in [-0.39, 0.29) is 34.7 Å². The molecule has 2 aromatic rings. The predicted octanol–water partition coefficient (Wildman–Crippen LogP) is 2.44. The van der Waals surface area contributed by atoms with Gasteiger partial charge < -0.3 is 30.5 Å². The molecule has 1 fully saturated rings. The van der Waals surface area contributed by atoms with Crippen LogP contribution in [0.5, 0.6) is 0 Å². The molecule has 0 saturated carbocycles. The Morgan fingerprint density at radius 2 is 0.750 bits per heavy atom. The first-order chi connectivity index (χ1) is 15.7. The molecule has 10 nitrogen and oxygen atoms in total. The minimum absolute atomic E-state index is 0. The maximum Gasteiger partial charge on any atom is 2.00 e. The molecule has 206 valence electrons. The first-order valence-electron chi connectivity index (χ1n) is 10.9. The second-order valence-corrected chi connectivity index (χ2v) is 11.5. The van der Waals surface area contributed by atoms with Gasteiger partial charge in [0.2, 0.25) is 0 Å². The first kappa shape index (κ1) is 36.9. The molecule has 3 rings (SSSR count). The monoisotopic (exact) mass is 631 g/mol. The average molecular weight is 631 g/mol. The van der Waals surface area contributed by atoms with Crippen LogP contribution >= 0.6 is 0 Å². The van der Waals surface area contributed by atoms with Crippen molar-refractivity contribution in [3.05, 3.63) is 69.9 Å². The molecular formula is C23H39N5O5RuS2. The molecule has 0 spiro atoms. The number of likely N-dealkylation sites (N-methyl/N-ethyl adjacent to an activating group) is 3. The van der Waals surface area contributed by atoms with Gasteiger partial charge in [0.1, 0.15) is 0 Å². The van der Waals surface area contributed by atoms with Crippen molar-refractivity contribution in [2.45, 2.75) is 23.6 Å². The summed E-state index contributed by atoms with van der Waals surface area (Å²) in [5, 5.41) is 13.4. The van der Waals surface area contributed by atoms with Crippen molar-refractivity contribution in [1.82, 2.24) is 14.7 Å². The van der Waals surface area contributed by atoms with Gasteiger partial charge in [-0.05, 0) is 59.3 Å². The van der Waals surface area contributed by atoms with E-state index in [4.69, 9.17) is 10.3 Å². The van der Waals surface area contributed by atoms with Crippen molar-refractivity contribution in [2.75, 3.05) is 60.4 Å². The zero-order chi connectivity index (χ0) is 25.9. The molecule has 0 atom stereocenters. The largest absolute Gasteiger partial charge is 2.00 e. The fraction of sp³-hybridized carbons (Fsp3) is 0.478. The Morgan fingerprint density at radius 1 is 0.556 bits per heavy atom. The summed E-state index contributed by atoms with van der Waals surface area (Å²) in [6, 6.07) is 12.4. The molecule has 36 heavy (non-hydrogen) atoms. The van der Waals surface area contributed by atoms with E-state index in [0.29, 0.717) is 0 Å². The maximum atomic E-state index is 10.6. The predicted molar refractivity (Wildman–Crippen MR) is 141 cm³/mol. The van der Waals surface area contributed by atoms with Gasteiger partial charge in [0.15, 0.2) is 0 Å². The number of rotatable bonds is 2. The summed E-state index contributed by atoms with van der Waals surface area (Å²) >= 11 is 0. The summed E-state index contributed by atoms with van der Waals surface area (Å²) in [5.41, 5.74) is 1.97. The molecule has 0 amide bonds. The molecule has 2 aromatic carbocycles. The Morgan fingerprint density at radius 3 is 0.917 bits per heavy atom. The van der Waals surface area contributed by atoms with Crippen LogP contribution < -0.4 is 0 Å². The van der Waals surface area contributed by atoms with Crippen molar-refractivity contribution in [3.8, 4) is 0 Å². The van der Waals surface area contributed by atoms with Crippen LogP contribution in [0.1, 0.15) is 11.1 Å². The zero-order valence-electron chi connectivity index (χ0n) is 21.5. The minimum atomic E-state index is -3.77. The van der Waals surface area contributed by atoms with Gasteiger partial charge in [-0.2, -0.15) is 0 Å². The molecule has 13 heteroatoms. The van der Waals surface area contributed by atoms with E-state index in [9.17, 15) is 16.8 Å². The van der Waals surface area contributed by atoms with Crippen LogP contribution in [-0.4, -0.2) is 97.4 Å². The molecule has 1 saturated heterocycles. The second-order valence-electron chi connectivity index (χ2n) is 8.54. The van der Waals surface area contributed by atoms with E-state index in [1.54, 1.807) is 24.3 Å². The fourth-order valence-electron chi connectivity index (χ4n) is 2.79. The molecule has 1 aliphatic heterocycles. The molecule has 1 aliphatic rings. The van der Waals surface area contributed by atoms with E-state index in [2.05, 4.69) is 35.8 Å². The van der Waals surface area contributed by atoms with Gasteiger partial charge in [0.05, 0.1) is 20.0 Å². The number of hydrogen-bond donors (Lipinski definition) is 0. The average Bonchev–Trinajstić information content (AvgIpc) is 2.81. The van der Waals surface area contributed by atoms with Crippen LogP contribution in [-0.2, 0) is 39.5 Å². The number of sulfonamides is 2. The van der Waals surface area contributed by atoms with E-state index in [1.165, 1.54) is 63.5 Å². The summed E-state index contributed by atoms with van der Waals surface area (Å²) in [6.07, 6.45) is 0. The Bertz CT molecular complexity index is 974. The fourth-order valence-corrected chi connectivity index (χ4v) is 3.78. The third-order valence-electron chi connectivity index (χ3n) is 5.25. The molecule has 1 heterocycles. The van der Waals surface area contributed by atoms with Crippen LogP contribution in [0.4, 0.5) is 0 Å². The van der Waals surface area contributed by atoms with Crippen molar-refractivity contribution in [3.63, 3.8) is 0 Å². The number of hydrogen-bond acceptors (Lipinski definition) is 7. The maximum absolute atomic E-state index is 10.6. The van der Waals surface area contributed by atoms with Gasteiger partial charge in [-0.1, -0.05) is 35.4 Å². The number of benzene rings is 2. The first-order valence-corrected chi connectivity index (χ1v) is 13.8. The smallest absolute Gasteiger partial charge is 0.560 e. The number of nitrogens with zero attached hydrogens (tertiary/aromatic N) is 3. The van der Waals surface area contributed by atoms with Gasteiger partial charge in [-0.25, -0.2) is 16.8 Å². The third kappa shape index (κ3) is 15.8. The minimum Gasteiger partial charge on any atom is -0.560 e. The van der Waals surface area contributed by atoms with E-state index >= 15 is 0 Å². The van der Waals surface area contributed by atoms with Crippen LogP contribution in [0.2, 0.25) is 0 Å². The summed E-state index contributed by atoms with van der Waals surface area (Å²) in [7, 11) is -0.935. The van der Waals surface area contributed by atoms with Crippen molar-refractivity contribution >= 4 is 20.0 Å². The Labute approximate surface area is 229 Å². The summed E-state index contributed by atoms with van der Waals surface area (Å²) in [6.45, 7) is 10.9. The van der Waals surface area contributed by atoms with Gasteiger partial charge >= 0.3 is 19.5 Å². The van der Waals surface area contributed by atoms with E-state index in [0.717, 1.165) is 11.1 Å². The van der Waals surface area contributed by atoms with Crippen LogP contribution in [0, 0.1) is 13.8 Å². The SMILES string of the molecule is CN1CCN(C)CCN(C)CC1.Cc1ccc(S([NH-])(=O)=O)cc1.Cc1ccc(S([NH-])(=O)=O)cc1.O.[Ru+2]. The van der Waals surface area contributed by atoms with Gasteiger partial charge in [-0.15, -0.1) is 0 Å². The Balaban J connectivity index is 0. The van der Waals surface area contributed by atoms with Crippen LogP contribution in [0.3, 0.4) is 0 Å². The van der Waals surface area contributed by atoms with E-state index in [1.807, 2.05) is 13.8 Å². The molecule has 4 N–H and O–H groups in total.